The summed E-state index contributed by atoms with van der Waals surface area (Å²) in [7, 11) is -1.47. The first kappa shape index (κ1) is 24.5. The Bertz CT molecular complexity index is 325. The normalized spacial score (nSPS) is 12.1. The standard InChI is InChI=1S/C9H17OSi.3C4H9.Sn/c1-5-9-10-11(6-2,7-3)8-4;3*1-3-4-2;/h6-9H2,2-4H3;3*1,3-4H2,2H3;. The van der Waals surface area contributed by atoms with Gasteiger partial charge >= 0.3 is 159 Å². The summed E-state index contributed by atoms with van der Waals surface area (Å²) in [5.74, 6) is 3.57. The van der Waals surface area contributed by atoms with Crippen LogP contribution in [0.3, 0.4) is 0 Å². The molecule has 0 aliphatic heterocycles. The van der Waals surface area contributed by atoms with Crippen molar-refractivity contribution in [3.05, 3.63) is 0 Å². The second-order valence-corrected chi connectivity index (χ2v) is 24.5. The van der Waals surface area contributed by atoms with Crippen molar-refractivity contribution >= 4 is 26.7 Å². The molecule has 1 nitrogen and oxygen atoms in total. The molecule has 0 saturated carbocycles. The number of hydrogen-bond acceptors (Lipinski definition) is 1. The van der Waals surface area contributed by atoms with E-state index in [0.717, 1.165) is 0 Å². The van der Waals surface area contributed by atoms with Gasteiger partial charge in [0, 0.05) is 0 Å². The van der Waals surface area contributed by atoms with E-state index in [9.17, 15) is 0 Å². The van der Waals surface area contributed by atoms with E-state index in [0.29, 0.717) is 6.61 Å². The fourth-order valence-corrected chi connectivity index (χ4v) is 19.4. The van der Waals surface area contributed by atoms with Crippen molar-refractivity contribution in [2.24, 2.45) is 0 Å². The second kappa shape index (κ2) is 14.7. The Morgan fingerprint density at radius 1 is 0.708 bits per heavy atom. The van der Waals surface area contributed by atoms with Crippen LogP contribution in [0.15, 0.2) is 0 Å². The van der Waals surface area contributed by atoms with Crippen molar-refractivity contribution in [2.45, 2.75) is 112 Å². The molecule has 0 rings (SSSR count). The van der Waals surface area contributed by atoms with Crippen molar-refractivity contribution in [2.75, 3.05) is 6.61 Å². The van der Waals surface area contributed by atoms with Gasteiger partial charge in [-0.3, -0.25) is 0 Å². The topological polar surface area (TPSA) is 9.23 Å². The quantitative estimate of drug-likeness (QED) is 0.194. The summed E-state index contributed by atoms with van der Waals surface area (Å²) in [5.41, 5.74) is 0. The van der Waals surface area contributed by atoms with Crippen LogP contribution in [0.4, 0.5) is 0 Å². The van der Waals surface area contributed by atoms with Crippen LogP contribution in [0, 0.1) is 9.86 Å². The molecule has 0 aromatic rings. The second-order valence-electron chi connectivity index (χ2n) is 7.43. The summed E-state index contributed by atoms with van der Waals surface area (Å²) in [4.78, 5) is 0. The predicted molar refractivity (Wildman–Crippen MR) is 116 cm³/mol. The van der Waals surface area contributed by atoms with Crippen molar-refractivity contribution in [3.63, 3.8) is 0 Å². The van der Waals surface area contributed by atoms with E-state index >= 15 is 0 Å². The van der Waals surface area contributed by atoms with E-state index in [2.05, 4.69) is 51.4 Å². The Labute approximate surface area is 158 Å². The summed E-state index contributed by atoms with van der Waals surface area (Å²) in [6, 6.07) is 3.70. The van der Waals surface area contributed by atoms with Gasteiger partial charge in [0.25, 0.3) is 0 Å². The van der Waals surface area contributed by atoms with E-state index in [4.69, 9.17) is 4.43 Å². The molecule has 0 N–H and O–H groups in total. The molecular formula is C21H44OSiSn. The average molecular weight is 459 g/mol. The van der Waals surface area contributed by atoms with Crippen molar-refractivity contribution in [1.29, 1.82) is 0 Å². The van der Waals surface area contributed by atoms with Gasteiger partial charge in [-0.15, -0.1) is 0 Å². The van der Waals surface area contributed by atoms with Gasteiger partial charge in [0.15, 0.2) is 0 Å². The third-order valence-electron chi connectivity index (χ3n) is 5.76. The Kier molecular flexibility index (Phi) is 15.0. The van der Waals surface area contributed by atoms with E-state index in [1.165, 1.54) is 70.0 Å². The van der Waals surface area contributed by atoms with E-state index in [-0.39, 0.29) is 0 Å². The third-order valence-corrected chi connectivity index (χ3v) is 23.6. The van der Waals surface area contributed by atoms with Gasteiger partial charge in [-0.2, -0.15) is 0 Å². The summed E-state index contributed by atoms with van der Waals surface area (Å²) in [5, 5.41) is 0. The Hall–Kier alpha value is 0.536. The van der Waals surface area contributed by atoms with Crippen LogP contribution in [-0.2, 0) is 4.43 Å². The minimum atomic E-state index is -2.26. The first-order chi connectivity index (χ1) is 11.6. The van der Waals surface area contributed by atoms with Gasteiger partial charge < -0.3 is 0 Å². The summed E-state index contributed by atoms with van der Waals surface area (Å²) in [6.45, 7) is 14.6. The van der Waals surface area contributed by atoms with Gasteiger partial charge in [-0.05, 0) is 0 Å². The summed E-state index contributed by atoms with van der Waals surface area (Å²) < 4.78 is 14.8. The molecule has 142 valence electrons. The van der Waals surface area contributed by atoms with Crippen molar-refractivity contribution in [1.82, 2.24) is 0 Å². The summed E-state index contributed by atoms with van der Waals surface area (Å²) >= 11 is -2.26. The first-order valence-corrected chi connectivity index (χ1v) is 20.7. The Morgan fingerprint density at radius 2 is 1.12 bits per heavy atom. The van der Waals surface area contributed by atoms with Gasteiger partial charge in [-0.1, -0.05) is 0 Å². The van der Waals surface area contributed by atoms with Crippen LogP contribution in [-0.4, -0.2) is 33.3 Å². The molecule has 0 aromatic heterocycles. The zero-order chi connectivity index (χ0) is 18.3. The fraction of sp³-hybridized carbons (Fsp3) is 0.905. The molecule has 0 amide bonds. The molecule has 0 radical (unpaired) electrons. The van der Waals surface area contributed by atoms with Crippen LogP contribution < -0.4 is 0 Å². The zero-order valence-corrected chi connectivity index (χ0v) is 21.5. The number of rotatable bonds is 14. The Balaban J connectivity index is 5.00. The van der Waals surface area contributed by atoms with Crippen molar-refractivity contribution in [3.8, 4) is 9.86 Å². The molecule has 3 heteroatoms. The van der Waals surface area contributed by atoms with Gasteiger partial charge in [-0.25, -0.2) is 0 Å². The fourth-order valence-electron chi connectivity index (χ4n) is 3.58. The molecule has 0 fully saturated rings. The molecule has 0 atom stereocenters. The Morgan fingerprint density at radius 3 is 1.46 bits per heavy atom. The van der Waals surface area contributed by atoms with Gasteiger partial charge in [0.1, 0.15) is 0 Å². The zero-order valence-electron chi connectivity index (χ0n) is 17.6. The monoisotopic (exact) mass is 460 g/mol. The minimum absolute atomic E-state index is 0.713. The van der Waals surface area contributed by atoms with Crippen molar-refractivity contribution < 1.29 is 4.43 Å². The number of unbranched alkanes of at least 4 members (excludes halogenated alkanes) is 3. The maximum absolute atomic E-state index is 6.38. The molecule has 0 saturated heterocycles. The number of hydrogen-bond donors (Lipinski definition) is 0. The van der Waals surface area contributed by atoms with Crippen LogP contribution in [0.25, 0.3) is 0 Å². The molecule has 0 heterocycles. The van der Waals surface area contributed by atoms with Crippen LogP contribution >= 0.6 is 0 Å². The van der Waals surface area contributed by atoms with E-state index in [1.807, 2.05) is 0 Å². The van der Waals surface area contributed by atoms with E-state index in [1.54, 1.807) is 0 Å². The molecule has 0 aromatic carbocycles. The molecule has 0 unspecified atom stereocenters. The predicted octanol–water partition coefficient (Wildman–Crippen LogP) is 7.40. The maximum atomic E-state index is 6.38. The van der Waals surface area contributed by atoms with Crippen LogP contribution in [0.5, 0.6) is 0 Å². The SMILES string of the molecule is CCC[CH2][Sn]([C]#CCO[Si](CC)(CC)CC)([CH2]CCC)[CH2]CCC. The third kappa shape index (κ3) is 9.29. The van der Waals surface area contributed by atoms with Crippen LogP contribution in [0.1, 0.15) is 80.1 Å². The average Bonchev–Trinajstić information content (AvgIpc) is 2.63. The summed E-state index contributed by atoms with van der Waals surface area (Å²) in [6.07, 6.45) is 8.18. The first-order valence-electron chi connectivity index (χ1n) is 10.7. The van der Waals surface area contributed by atoms with Crippen LogP contribution in [0.2, 0.25) is 31.4 Å². The molecular weight excluding hydrogens is 415 g/mol. The molecule has 24 heavy (non-hydrogen) atoms. The van der Waals surface area contributed by atoms with Gasteiger partial charge in [0.2, 0.25) is 0 Å². The van der Waals surface area contributed by atoms with E-state index < -0.39 is 26.7 Å². The molecule has 0 bridgehead atoms. The molecule has 0 aliphatic rings. The molecule has 0 spiro atoms. The van der Waals surface area contributed by atoms with Gasteiger partial charge in [0.05, 0.1) is 0 Å². The molecule has 0 aliphatic carbocycles.